The third-order valence-corrected chi connectivity index (χ3v) is 5.03. The van der Waals surface area contributed by atoms with Crippen LogP contribution in [0.25, 0.3) is 0 Å². The maximum Gasteiger partial charge on any atom is 0.254 e. The zero-order chi connectivity index (χ0) is 17.6. The van der Waals surface area contributed by atoms with Crippen LogP contribution in [0.2, 0.25) is 0 Å². The number of morpholine rings is 1. The monoisotopic (exact) mass is 347 g/mol. The summed E-state index contributed by atoms with van der Waals surface area (Å²) in [5.41, 5.74) is 0.522. The van der Waals surface area contributed by atoms with Crippen molar-refractivity contribution in [3.05, 3.63) is 18.0 Å². The van der Waals surface area contributed by atoms with E-state index in [0.717, 1.165) is 19.6 Å². The van der Waals surface area contributed by atoms with Gasteiger partial charge in [0.1, 0.15) is 0 Å². The van der Waals surface area contributed by atoms with Crippen LogP contribution in [0.3, 0.4) is 0 Å². The lowest BCUT2D eigenvalue weighted by Crippen LogP contribution is -2.43. The van der Waals surface area contributed by atoms with Crippen LogP contribution in [0.1, 0.15) is 37.0 Å². The van der Waals surface area contributed by atoms with E-state index in [-0.39, 0.29) is 5.91 Å². The normalized spacial score (nSPS) is 22.2. The van der Waals surface area contributed by atoms with Crippen LogP contribution in [-0.2, 0) is 4.74 Å². The second-order valence-electron chi connectivity index (χ2n) is 7.18. The minimum atomic E-state index is -0.0878. The number of nitrogens with one attached hydrogen (secondary N) is 1. The predicted octanol–water partition coefficient (Wildman–Crippen LogP) is 1.16. The van der Waals surface area contributed by atoms with Gasteiger partial charge in [-0.1, -0.05) is 0 Å². The number of aromatic nitrogens is 2. The fourth-order valence-corrected chi connectivity index (χ4v) is 3.44. The molecule has 0 bridgehead atoms. The zero-order valence-electron chi connectivity index (χ0n) is 15.3. The summed E-state index contributed by atoms with van der Waals surface area (Å²) < 4.78 is 5.33. The zero-order valence-corrected chi connectivity index (χ0v) is 15.3. The van der Waals surface area contributed by atoms with Crippen molar-refractivity contribution < 1.29 is 9.53 Å². The first-order chi connectivity index (χ1) is 12.1. The molecule has 25 heavy (non-hydrogen) atoms. The van der Waals surface area contributed by atoms with Crippen molar-refractivity contribution >= 4 is 11.9 Å². The first-order valence-corrected chi connectivity index (χ1v) is 9.30. The van der Waals surface area contributed by atoms with Crippen molar-refractivity contribution in [1.82, 2.24) is 20.2 Å². The Morgan fingerprint density at radius 3 is 2.68 bits per heavy atom. The van der Waals surface area contributed by atoms with Crippen molar-refractivity contribution in [3.8, 4) is 0 Å². The van der Waals surface area contributed by atoms with Crippen LogP contribution >= 0.6 is 0 Å². The second-order valence-corrected chi connectivity index (χ2v) is 7.18. The lowest BCUT2D eigenvalue weighted by molar-refractivity contribution is 0.0922. The van der Waals surface area contributed by atoms with Crippen LogP contribution in [0, 0.1) is 5.92 Å². The van der Waals surface area contributed by atoms with Crippen molar-refractivity contribution in [2.45, 2.75) is 32.7 Å². The van der Waals surface area contributed by atoms with Gasteiger partial charge in [0.15, 0.2) is 0 Å². The molecule has 1 aromatic rings. The summed E-state index contributed by atoms with van der Waals surface area (Å²) in [5.74, 6) is 1.10. The van der Waals surface area contributed by atoms with Gasteiger partial charge in [-0.3, -0.25) is 4.79 Å². The molecule has 0 radical (unpaired) electrons. The van der Waals surface area contributed by atoms with Gasteiger partial charge in [0.2, 0.25) is 5.95 Å². The summed E-state index contributed by atoms with van der Waals surface area (Å²) in [4.78, 5) is 25.6. The average molecular weight is 347 g/mol. The number of carbonyl (C=O) groups excluding carboxylic acids is 1. The summed E-state index contributed by atoms with van der Waals surface area (Å²) in [7, 11) is 0. The Hall–Kier alpha value is -1.73. The number of nitrogens with zero attached hydrogens (tertiary/aromatic N) is 4. The number of rotatable bonds is 5. The molecule has 7 nitrogen and oxygen atoms in total. The van der Waals surface area contributed by atoms with Gasteiger partial charge in [0, 0.05) is 44.6 Å². The van der Waals surface area contributed by atoms with E-state index in [9.17, 15) is 4.79 Å². The van der Waals surface area contributed by atoms with Crippen molar-refractivity contribution in [2.24, 2.45) is 5.92 Å². The molecule has 138 valence electrons. The number of carbonyl (C=O) groups is 1. The van der Waals surface area contributed by atoms with Gasteiger partial charge in [0.05, 0.1) is 18.8 Å². The van der Waals surface area contributed by atoms with Gasteiger partial charge in [-0.2, -0.15) is 0 Å². The fourth-order valence-electron chi connectivity index (χ4n) is 3.44. The van der Waals surface area contributed by atoms with Crippen molar-refractivity contribution in [2.75, 3.05) is 50.8 Å². The number of hydrogen-bond acceptors (Lipinski definition) is 6. The molecule has 3 heterocycles. The van der Waals surface area contributed by atoms with E-state index in [1.54, 1.807) is 12.4 Å². The van der Waals surface area contributed by atoms with Crippen molar-refractivity contribution in [3.63, 3.8) is 0 Å². The first kappa shape index (κ1) is 18.1. The third-order valence-electron chi connectivity index (χ3n) is 5.03. The highest BCUT2D eigenvalue weighted by Crippen LogP contribution is 2.18. The molecule has 2 aliphatic rings. The SMILES string of the molecule is CC(C)N1CCCC(CNC(=O)c2cnc(N3CCOCC3)nc2)C1. The van der Waals surface area contributed by atoms with Gasteiger partial charge in [-0.25, -0.2) is 9.97 Å². The Balaban J connectivity index is 1.49. The molecule has 3 rings (SSSR count). The number of hydrogen-bond donors (Lipinski definition) is 1. The molecule has 1 unspecified atom stereocenters. The predicted molar refractivity (Wildman–Crippen MR) is 96.8 cm³/mol. The van der Waals surface area contributed by atoms with Crippen molar-refractivity contribution in [1.29, 1.82) is 0 Å². The molecule has 1 aromatic heterocycles. The van der Waals surface area contributed by atoms with E-state index in [1.165, 1.54) is 19.4 Å². The average Bonchev–Trinajstić information content (AvgIpc) is 2.67. The minimum Gasteiger partial charge on any atom is -0.378 e. The molecule has 0 spiro atoms. The second kappa shape index (κ2) is 8.58. The third kappa shape index (κ3) is 4.89. The van der Waals surface area contributed by atoms with Crippen LogP contribution < -0.4 is 10.2 Å². The number of piperidine rings is 1. The summed E-state index contributed by atoms with van der Waals surface area (Å²) in [6.45, 7) is 10.4. The van der Waals surface area contributed by atoms with Crippen LogP contribution in [0.5, 0.6) is 0 Å². The van der Waals surface area contributed by atoms with E-state index in [2.05, 4.69) is 38.9 Å². The van der Waals surface area contributed by atoms with Gasteiger partial charge in [-0.15, -0.1) is 0 Å². The molecular formula is C18H29N5O2. The molecule has 7 heteroatoms. The number of amides is 1. The maximum absolute atomic E-state index is 12.4. The van der Waals surface area contributed by atoms with Crippen LogP contribution in [0.15, 0.2) is 12.4 Å². The minimum absolute atomic E-state index is 0.0878. The number of likely N-dealkylation sites (tertiary alicyclic amines) is 1. The summed E-state index contributed by atoms with van der Waals surface area (Å²) >= 11 is 0. The highest BCUT2D eigenvalue weighted by Gasteiger charge is 2.22. The molecular weight excluding hydrogens is 318 g/mol. The van der Waals surface area contributed by atoms with Crippen LogP contribution in [0.4, 0.5) is 5.95 Å². The number of anilines is 1. The Bertz CT molecular complexity index is 557. The topological polar surface area (TPSA) is 70.6 Å². The molecule has 1 N–H and O–H groups in total. The summed E-state index contributed by atoms with van der Waals surface area (Å²) in [5, 5.41) is 3.05. The molecule has 0 aliphatic carbocycles. The van der Waals surface area contributed by atoms with Gasteiger partial charge < -0.3 is 19.9 Å². The van der Waals surface area contributed by atoms with Gasteiger partial charge in [0.25, 0.3) is 5.91 Å². The summed E-state index contributed by atoms with van der Waals surface area (Å²) in [6.07, 6.45) is 5.62. The summed E-state index contributed by atoms with van der Waals surface area (Å²) in [6, 6.07) is 0.569. The fraction of sp³-hybridized carbons (Fsp3) is 0.722. The number of ether oxygens (including phenoxy) is 1. The lowest BCUT2D eigenvalue weighted by Gasteiger charge is -2.35. The molecule has 2 aliphatic heterocycles. The van der Waals surface area contributed by atoms with Gasteiger partial charge in [-0.05, 0) is 39.2 Å². The first-order valence-electron chi connectivity index (χ1n) is 9.30. The highest BCUT2D eigenvalue weighted by molar-refractivity contribution is 5.93. The molecule has 2 fully saturated rings. The quantitative estimate of drug-likeness (QED) is 0.862. The smallest absolute Gasteiger partial charge is 0.254 e. The standard InChI is InChI=1S/C18H29N5O2/c1-14(2)23-5-3-4-15(13-23)10-19-17(24)16-11-20-18(21-12-16)22-6-8-25-9-7-22/h11-12,14-15H,3-10,13H2,1-2H3,(H,19,24). The Labute approximate surface area is 149 Å². The molecule has 0 aromatic carbocycles. The van der Waals surface area contributed by atoms with E-state index in [0.29, 0.717) is 43.2 Å². The van der Waals surface area contributed by atoms with E-state index in [4.69, 9.17) is 4.74 Å². The van der Waals surface area contributed by atoms with Gasteiger partial charge >= 0.3 is 0 Å². The Morgan fingerprint density at radius 1 is 1.28 bits per heavy atom. The molecule has 2 saturated heterocycles. The lowest BCUT2D eigenvalue weighted by atomic mass is 9.97. The van der Waals surface area contributed by atoms with Crippen LogP contribution in [-0.4, -0.2) is 72.8 Å². The highest BCUT2D eigenvalue weighted by atomic mass is 16.5. The Kier molecular flexibility index (Phi) is 6.20. The maximum atomic E-state index is 12.4. The molecule has 1 amide bonds. The van der Waals surface area contributed by atoms with E-state index in [1.807, 2.05) is 0 Å². The largest absolute Gasteiger partial charge is 0.378 e. The van der Waals surface area contributed by atoms with E-state index >= 15 is 0 Å². The molecule has 0 saturated carbocycles. The molecule has 1 atom stereocenters. The van der Waals surface area contributed by atoms with E-state index < -0.39 is 0 Å². The Morgan fingerprint density at radius 2 is 2.00 bits per heavy atom.